The average Bonchev–Trinajstić information content (AvgIpc) is 2.99. The SMILES string of the molecule is CC1CN(CC(O)COCC2CC3CCC2C3)CC(C)O1. The fourth-order valence-corrected chi connectivity index (χ4v) is 4.72. The highest BCUT2D eigenvalue weighted by atomic mass is 16.5. The summed E-state index contributed by atoms with van der Waals surface area (Å²) >= 11 is 0. The molecular formula is C17H31NO3. The van der Waals surface area contributed by atoms with Gasteiger partial charge in [-0.05, 0) is 50.9 Å². The monoisotopic (exact) mass is 297 g/mol. The van der Waals surface area contributed by atoms with Gasteiger partial charge in [-0.2, -0.15) is 0 Å². The van der Waals surface area contributed by atoms with Crippen LogP contribution in [-0.2, 0) is 9.47 Å². The maximum Gasteiger partial charge on any atom is 0.0900 e. The number of morpholine rings is 1. The lowest BCUT2D eigenvalue weighted by Gasteiger charge is -2.36. The van der Waals surface area contributed by atoms with E-state index in [0.717, 1.165) is 37.5 Å². The van der Waals surface area contributed by atoms with Crippen LogP contribution in [0.15, 0.2) is 0 Å². The van der Waals surface area contributed by atoms with Gasteiger partial charge in [0.25, 0.3) is 0 Å². The van der Waals surface area contributed by atoms with Crippen molar-refractivity contribution in [3.63, 3.8) is 0 Å². The van der Waals surface area contributed by atoms with Crippen molar-refractivity contribution in [1.82, 2.24) is 4.90 Å². The smallest absolute Gasteiger partial charge is 0.0900 e. The molecule has 6 unspecified atom stereocenters. The molecule has 21 heavy (non-hydrogen) atoms. The van der Waals surface area contributed by atoms with Crippen LogP contribution in [0, 0.1) is 17.8 Å². The van der Waals surface area contributed by atoms with E-state index in [-0.39, 0.29) is 18.3 Å². The Kier molecular flexibility index (Phi) is 5.20. The molecule has 3 aliphatic rings. The molecule has 4 nitrogen and oxygen atoms in total. The van der Waals surface area contributed by atoms with Crippen LogP contribution in [0.3, 0.4) is 0 Å². The second-order valence-electron chi connectivity index (χ2n) is 7.60. The number of aliphatic hydroxyl groups is 1. The van der Waals surface area contributed by atoms with Gasteiger partial charge in [-0.1, -0.05) is 6.42 Å². The first-order chi connectivity index (χ1) is 10.1. The first-order valence-electron chi connectivity index (χ1n) is 8.73. The standard InChI is InChI=1S/C17H31NO3/c1-12-7-18(8-13(2)21-12)9-17(19)11-20-10-16-6-14-3-4-15(16)5-14/h12-17,19H,3-11H2,1-2H3. The number of aliphatic hydroxyl groups excluding tert-OH is 1. The molecule has 4 heteroatoms. The van der Waals surface area contributed by atoms with Crippen LogP contribution in [0.4, 0.5) is 0 Å². The number of hydrogen-bond acceptors (Lipinski definition) is 4. The number of β-amino-alcohol motifs (C(OH)–C–C–N with tert-alkyl or cyclic N) is 1. The zero-order chi connectivity index (χ0) is 14.8. The summed E-state index contributed by atoms with van der Waals surface area (Å²) in [7, 11) is 0. The lowest BCUT2D eigenvalue weighted by molar-refractivity contribution is -0.0832. The summed E-state index contributed by atoms with van der Waals surface area (Å²) in [6.45, 7) is 8.06. The van der Waals surface area contributed by atoms with Gasteiger partial charge in [0, 0.05) is 26.2 Å². The summed E-state index contributed by atoms with van der Waals surface area (Å²) in [6.07, 6.45) is 5.79. The Morgan fingerprint density at radius 3 is 2.57 bits per heavy atom. The Morgan fingerprint density at radius 2 is 1.95 bits per heavy atom. The molecule has 0 amide bonds. The second kappa shape index (κ2) is 6.95. The van der Waals surface area contributed by atoms with Gasteiger partial charge in [0.15, 0.2) is 0 Å². The van der Waals surface area contributed by atoms with Gasteiger partial charge in [0.05, 0.1) is 24.9 Å². The molecule has 1 saturated heterocycles. The Labute approximate surface area is 128 Å². The Morgan fingerprint density at radius 1 is 1.19 bits per heavy atom. The Bertz CT molecular complexity index is 328. The van der Waals surface area contributed by atoms with Crippen molar-refractivity contribution in [2.24, 2.45) is 17.8 Å². The molecule has 122 valence electrons. The van der Waals surface area contributed by atoms with Crippen molar-refractivity contribution in [2.45, 2.75) is 57.8 Å². The zero-order valence-corrected chi connectivity index (χ0v) is 13.5. The van der Waals surface area contributed by atoms with E-state index in [1.165, 1.54) is 25.7 Å². The molecule has 0 aromatic rings. The van der Waals surface area contributed by atoms with Gasteiger partial charge in [-0.3, -0.25) is 4.90 Å². The van der Waals surface area contributed by atoms with Gasteiger partial charge in [0.2, 0.25) is 0 Å². The van der Waals surface area contributed by atoms with Crippen molar-refractivity contribution in [1.29, 1.82) is 0 Å². The van der Waals surface area contributed by atoms with Crippen LogP contribution in [-0.4, -0.2) is 61.2 Å². The first kappa shape index (κ1) is 15.7. The Hall–Kier alpha value is -0.160. The van der Waals surface area contributed by atoms with Crippen molar-refractivity contribution < 1.29 is 14.6 Å². The van der Waals surface area contributed by atoms with Crippen LogP contribution in [0.2, 0.25) is 0 Å². The molecule has 2 saturated carbocycles. The maximum absolute atomic E-state index is 10.2. The molecule has 2 bridgehead atoms. The molecule has 3 rings (SSSR count). The minimum atomic E-state index is -0.374. The van der Waals surface area contributed by atoms with Crippen molar-refractivity contribution in [3.05, 3.63) is 0 Å². The predicted molar refractivity (Wildman–Crippen MR) is 82.2 cm³/mol. The number of rotatable bonds is 6. The molecule has 6 atom stereocenters. The van der Waals surface area contributed by atoms with Crippen LogP contribution < -0.4 is 0 Å². The quantitative estimate of drug-likeness (QED) is 0.813. The van der Waals surface area contributed by atoms with E-state index in [1.54, 1.807) is 0 Å². The Balaban J connectivity index is 1.32. The summed E-state index contributed by atoms with van der Waals surface area (Å²) in [5, 5.41) is 10.2. The zero-order valence-electron chi connectivity index (χ0n) is 13.5. The summed E-state index contributed by atoms with van der Waals surface area (Å²) in [5.41, 5.74) is 0. The number of fused-ring (bicyclic) bond motifs is 2. The largest absolute Gasteiger partial charge is 0.389 e. The summed E-state index contributed by atoms with van der Waals surface area (Å²) < 4.78 is 11.5. The molecule has 0 aromatic heterocycles. The van der Waals surface area contributed by atoms with E-state index in [9.17, 15) is 5.11 Å². The van der Waals surface area contributed by atoms with Crippen LogP contribution in [0.25, 0.3) is 0 Å². The average molecular weight is 297 g/mol. The van der Waals surface area contributed by atoms with Gasteiger partial charge >= 0.3 is 0 Å². The highest BCUT2D eigenvalue weighted by molar-refractivity contribution is 4.89. The highest BCUT2D eigenvalue weighted by Gasteiger charge is 2.39. The third-order valence-corrected chi connectivity index (χ3v) is 5.49. The lowest BCUT2D eigenvalue weighted by atomic mass is 9.90. The molecule has 0 spiro atoms. The minimum absolute atomic E-state index is 0.260. The summed E-state index contributed by atoms with van der Waals surface area (Å²) in [4.78, 5) is 2.30. The highest BCUT2D eigenvalue weighted by Crippen LogP contribution is 2.48. The van der Waals surface area contributed by atoms with Crippen molar-refractivity contribution in [3.8, 4) is 0 Å². The van der Waals surface area contributed by atoms with E-state index in [2.05, 4.69) is 18.7 Å². The van der Waals surface area contributed by atoms with Gasteiger partial charge in [-0.15, -0.1) is 0 Å². The fourth-order valence-electron chi connectivity index (χ4n) is 4.72. The van der Waals surface area contributed by atoms with E-state index in [1.807, 2.05) is 0 Å². The maximum atomic E-state index is 10.2. The molecule has 3 fully saturated rings. The molecule has 0 aromatic carbocycles. The van der Waals surface area contributed by atoms with E-state index in [4.69, 9.17) is 9.47 Å². The minimum Gasteiger partial charge on any atom is -0.389 e. The molecular weight excluding hydrogens is 266 g/mol. The van der Waals surface area contributed by atoms with Crippen molar-refractivity contribution >= 4 is 0 Å². The predicted octanol–water partition coefficient (Wildman–Crippen LogP) is 1.91. The van der Waals surface area contributed by atoms with Crippen molar-refractivity contribution in [2.75, 3.05) is 32.8 Å². The molecule has 2 aliphatic carbocycles. The molecule has 1 N–H and O–H groups in total. The van der Waals surface area contributed by atoms with Crippen LogP contribution in [0.1, 0.15) is 39.5 Å². The number of ether oxygens (including phenoxy) is 2. The molecule has 0 radical (unpaired) electrons. The summed E-state index contributed by atoms with van der Waals surface area (Å²) in [6, 6.07) is 0. The normalized spacial score (nSPS) is 41.6. The van der Waals surface area contributed by atoms with Gasteiger partial charge in [-0.25, -0.2) is 0 Å². The fraction of sp³-hybridized carbons (Fsp3) is 1.00. The molecule has 1 aliphatic heterocycles. The first-order valence-corrected chi connectivity index (χ1v) is 8.73. The van der Waals surface area contributed by atoms with Gasteiger partial charge < -0.3 is 14.6 Å². The summed E-state index contributed by atoms with van der Waals surface area (Å²) in [5.74, 6) is 2.65. The number of hydrogen-bond donors (Lipinski definition) is 1. The number of nitrogens with zero attached hydrogens (tertiary/aromatic N) is 1. The third kappa shape index (κ3) is 4.19. The molecule has 1 heterocycles. The van der Waals surface area contributed by atoms with Crippen LogP contribution in [0.5, 0.6) is 0 Å². The van der Waals surface area contributed by atoms with E-state index < -0.39 is 0 Å². The van der Waals surface area contributed by atoms with Crippen LogP contribution >= 0.6 is 0 Å². The van der Waals surface area contributed by atoms with E-state index in [0.29, 0.717) is 13.2 Å². The van der Waals surface area contributed by atoms with E-state index >= 15 is 0 Å². The van der Waals surface area contributed by atoms with Gasteiger partial charge in [0.1, 0.15) is 0 Å². The third-order valence-electron chi connectivity index (χ3n) is 5.49. The lowest BCUT2D eigenvalue weighted by Crippen LogP contribution is -2.48. The second-order valence-corrected chi connectivity index (χ2v) is 7.60. The topological polar surface area (TPSA) is 41.9 Å².